The van der Waals surface area contributed by atoms with E-state index >= 15 is 0 Å². The molecule has 0 bridgehead atoms. The molecule has 1 aliphatic carbocycles. The van der Waals surface area contributed by atoms with Crippen LogP contribution in [0, 0.1) is 11.8 Å². The highest BCUT2D eigenvalue weighted by molar-refractivity contribution is 7.47. The standard InChI is InChI=1S/C44H79O13P/c1-3-5-7-8-9-10-11-12-13-14-15-16-17-18-24-28-44(51)57-38(35-56-58(52,53)55-33-37(47)32-45)34-54-43(50)27-23-20-19-22-26-39-40(42(49)31-41(39)48)30-29-36(46)25-21-6-4-2/h10-13,29-30,36-42,45-49H,3-9,14-28,31-35H2,1-2H3,(H,52,53)/b11-10-,13-12-,30-29+/t36-,37-,38+,39+,40+,41-,42+/m0/s1. The van der Waals surface area contributed by atoms with Crippen LogP contribution in [0.2, 0.25) is 0 Å². The van der Waals surface area contributed by atoms with Gasteiger partial charge < -0.3 is 39.9 Å². The first kappa shape index (κ1) is 54.1. The van der Waals surface area contributed by atoms with Crippen LogP contribution in [0.25, 0.3) is 0 Å². The number of phosphoric ester groups is 1. The summed E-state index contributed by atoms with van der Waals surface area (Å²) in [7, 11) is -4.68. The molecule has 58 heavy (non-hydrogen) atoms. The van der Waals surface area contributed by atoms with Crippen molar-refractivity contribution in [2.24, 2.45) is 11.8 Å². The number of carbonyl (C=O) groups is 2. The van der Waals surface area contributed by atoms with Gasteiger partial charge in [-0.15, -0.1) is 0 Å². The maximum Gasteiger partial charge on any atom is 0.472 e. The Bertz CT molecular complexity index is 1180. The highest BCUT2D eigenvalue weighted by Crippen LogP contribution is 2.43. The van der Waals surface area contributed by atoms with Gasteiger partial charge in [0.15, 0.2) is 6.10 Å². The van der Waals surface area contributed by atoms with E-state index in [1.807, 2.05) is 6.08 Å². The van der Waals surface area contributed by atoms with E-state index in [4.69, 9.17) is 19.1 Å². The Balaban J connectivity index is 2.45. The molecular weight excluding hydrogens is 767 g/mol. The lowest BCUT2D eigenvalue weighted by Gasteiger charge is -2.21. The van der Waals surface area contributed by atoms with Gasteiger partial charge in [-0.25, -0.2) is 4.57 Å². The van der Waals surface area contributed by atoms with Gasteiger partial charge in [0.25, 0.3) is 0 Å². The van der Waals surface area contributed by atoms with Gasteiger partial charge in [0.05, 0.1) is 38.1 Å². The molecule has 0 heterocycles. The minimum Gasteiger partial charge on any atom is -0.462 e. The highest BCUT2D eigenvalue weighted by Gasteiger charge is 2.39. The first-order chi connectivity index (χ1) is 27.9. The summed E-state index contributed by atoms with van der Waals surface area (Å²) in [5, 5.41) is 49.7. The fourth-order valence-electron chi connectivity index (χ4n) is 6.90. The Morgan fingerprint density at radius 2 is 1.29 bits per heavy atom. The van der Waals surface area contributed by atoms with Crippen LogP contribution in [-0.4, -0.2) is 99.3 Å². The summed E-state index contributed by atoms with van der Waals surface area (Å²) < 4.78 is 32.7. The number of esters is 2. The number of hydrogen-bond donors (Lipinski definition) is 6. The Labute approximate surface area is 348 Å². The Hall–Kier alpha value is -1.93. The predicted octanol–water partition coefficient (Wildman–Crippen LogP) is 7.94. The molecule has 0 aromatic heterocycles. The fourth-order valence-corrected chi connectivity index (χ4v) is 7.69. The van der Waals surface area contributed by atoms with Gasteiger partial charge in [0.2, 0.25) is 0 Å². The van der Waals surface area contributed by atoms with Crippen molar-refractivity contribution >= 4 is 19.8 Å². The van der Waals surface area contributed by atoms with Crippen molar-refractivity contribution in [1.82, 2.24) is 0 Å². The third-order valence-electron chi connectivity index (χ3n) is 10.4. The minimum atomic E-state index is -4.68. The molecule has 1 rings (SSSR count). The molecule has 1 fully saturated rings. The van der Waals surface area contributed by atoms with E-state index in [0.29, 0.717) is 32.1 Å². The maximum absolute atomic E-state index is 12.6. The molecular formula is C44H79O13P. The predicted molar refractivity (Wildman–Crippen MR) is 226 cm³/mol. The van der Waals surface area contributed by atoms with Crippen molar-refractivity contribution in [1.29, 1.82) is 0 Å². The van der Waals surface area contributed by atoms with Crippen molar-refractivity contribution < 1.29 is 63.1 Å². The van der Waals surface area contributed by atoms with E-state index in [2.05, 4.69) is 42.7 Å². The molecule has 1 aliphatic rings. The second-order valence-corrected chi connectivity index (χ2v) is 17.2. The Morgan fingerprint density at radius 3 is 1.95 bits per heavy atom. The van der Waals surface area contributed by atoms with E-state index in [1.54, 1.807) is 6.08 Å². The van der Waals surface area contributed by atoms with Crippen LogP contribution in [0.1, 0.15) is 162 Å². The van der Waals surface area contributed by atoms with Crippen LogP contribution in [0.4, 0.5) is 0 Å². The number of phosphoric acid groups is 1. The Morgan fingerprint density at radius 1 is 0.724 bits per heavy atom. The van der Waals surface area contributed by atoms with E-state index in [9.17, 15) is 39.5 Å². The summed E-state index contributed by atoms with van der Waals surface area (Å²) in [5.74, 6) is -1.40. The molecule has 6 N–H and O–H groups in total. The first-order valence-corrected chi connectivity index (χ1v) is 23.7. The third kappa shape index (κ3) is 28.5. The van der Waals surface area contributed by atoms with E-state index < -0.39 is 76.7 Å². The lowest BCUT2D eigenvalue weighted by Crippen LogP contribution is -2.29. The summed E-state index contributed by atoms with van der Waals surface area (Å²) in [4.78, 5) is 35.2. The zero-order chi connectivity index (χ0) is 42.9. The zero-order valence-corrected chi connectivity index (χ0v) is 36.5. The van der Waals surface area contributed by atoms with Gasteiger partial charge in [-0.05, 0) is 57.3 Å². The second-order valence-electron chi connectivity index (χ2n) is 15.7. The van der Waals surface area contributed by atoms with E-state index in [1.165, 1.54) is 25.7 Å². The smallest absolute Gasteiger partial charge is 0.462 e. The van der Waals surface area contributed by atoms with Gasteiger partial charge in [-0.2, -0.15) is 0 Å². The van der Waals surface area contributed by atoms with Crippen molar-refractivity contribution in [3.8, 4) is 0 Å². The third-order valence-corrected chi connectivity index (χ3v) is 11.3. The van der Waals surface area contributed by atoms with Crippen LogP contribution in [0.3, 0.4) is 0 Å². The molecule has 14 heteroatoms. The first-order valence-electron chi connectivity index (χ1n) is 22.2. The van der Waals surface area contributed by atoms with Crippen LogP contribution < -0.4 is 0 Å². The van der Waals surface area contributed by atoms with Gasteiger partial charge in [0.1, 0.15) is 12.7 Å². The monoisotopic (exact) mass is 847 g/mol. The van der Waals surface area contributed by atoms with Crippen molar-refractivity contribution in [2.45, 2.75) is 192 Å². The fraction of sp³-hybridized carbons (Fsp3) is 0.818. The highest BCUT2D eigenvalue weighted by atomic mass is 31.2. The van der Waals surface area contributed by atoms with Gasteiger partial charge in [0, 0.05) is 25.2 Å². The molecule has 0 aromatic carbocycles. The zero-order valence-electron chi connectivity index (χ0n) is 35.6. The average molecular weight is 847 g/mol. The lowest BCUT2D eigenvalue weighted by atomic mass is 9.88. The normalized spacial score (nSPS) is 21.2. The number of ether oxygens (including phenoxy) is 2. The molecule has 1 unspecified atom stereocenters. The molecule has 0 saturated heterocycles. The maximum atomic E-state index is 12.6. The van der Waals surface area contributed by atoms with Crippen molar-refractivity contribution in [3.05, 3.63) is 36.5 Å². The van der Waals surface area contributed by atoms with E-state index in [0.717, 1.165) is 77.0 Å². The van der Waals surface area contributed by atoms with Crippen LogP contribution in [0.5, 0.6) is 0 Å². The number of carbonyl (C=O) groups excluding carboxylic acids is 2. The summed E-state index contributed by atoms with van der Waals surface area (Å²) in [6.07, 6.45) is 27.4. The second kappa shape index (κ2) is 34.7. The number of allylic oxidation sites excluding steroid dienone is 4. The quantitative estimate of drug-likeness (QED) is 0.0116. The van der Waals surface area contributed by atoms with Crippen molar-refractivity contribution in [3.63, 3.8) is 0 Å². The SMILES string of the molecule is CCCCCC/C=C\C=C/CCCCCCCC(=O)O[C@H](COC(=O)CCCCCC[C@@H]1[C@@H](/C=C/[C@@H](O)CCCCC)[C@H](O)C[C@@H]1O)COP(=O)(O)OC[C@@H](O)CO. The van der Waals surface area contributed by atoms with E-state index in [-0.39, 0.29) is 24.7 Å². The number of aliphatic hydroxyl groups excluding tert-OH is 5. The summed E-state index contributed by atoms with van der Waals surface area (Å²) in [6, 6.07) is 0. The van der Waals surface area contributed by atoms with Crippen LogP contribution in [-0.2, 0) is 32.7 Å². The largest absolute Gasteiger partial charge is 0.472 e. The summed E-state index contributed by atoms with van der Waals surface area (Å²) >= 11 is 0. The molecule has 13 nitrogen and oxygen atoms in total. The molecule has 1 saturated carbocycles. The molecule has 0 spiro atoms. The molecule has 0 aliphatic heterocycles. The van der Waals surface area contributed by atoms with Gasteiger partial charge in [-0.3, -0.25) is 18.6 Å². The molecule has 338 valence electrons. The minimum absolute atomic E-state index is 0.102. The molecule has 0 amide bonds. The molecule has 8 atom stereocenters. The summed E-state index contributed by atoms with van der Waals surface area (Å²) in [5.41, 5.74) is 0. The van der Waals surface area contributed by atoms with Gasteiger partial charge >= 0.3 is 19.8 Å². The average Bonchev–Trinajstić information content (AvgIpc) is 3.47. The van der Waals surface area contributed by atoms with Crippen LogP contribution in [0.15, 0.2) is 36.5 Å². The van der Waals surface area contributed by atoms with Crippen LogP contribution >= 0.6 is 7.82 Å². The topological polar surface area (TPSA) is 210 Å². The lowest BCUT2D eigenvalue weighted by molar-refractivity contribution is -0.161. The Kier molecular flexibility index (Phi) is 32.4. The number of rotatable bonds is 37. The number of aliphatic hydroxyl groups is 5. The number of hydrogen-bond acceptors (Lipinski definition) is 12. The van der Waals surface area contributed by atoms with Gasteiger partial charge in [-0.1, -0.05) is 127 Å². The summed E-state index contributed by atoms with van der Waals surface area (Å²) in [6.45, 7) is 2.00. The van der Waals surface area contributed by atoms with Crippen molar-refractivity contribution in [2.75, 3.05) is 26.4 Å². The molecule has 0 aromatic rings. The molecule has 0 radical (unpaired) electrons. The number of unbranched alkanes of at least 4 members (excludes halogenated alkanes) is 14.